The minimum absolute atomic E-state index is 0.0979. The lowest BCUT2D eigenvalue weighted by Gasteiger charge is -2.12. The standard InChI is InChI=1S/C22H20ClNO4/c1-4-28-22(25)19(14-24)18(11-7-15-5-9-17(23)10-6-15)16-8-12-20(26-2)21(13-16)27-3/h5-13H,4H2,1-3H3/b11-7+,19-18-. The van der Waals surface area contributed by atoms with Crippen molar-refractivity contribution in [3.63, 3.8) is 0 Å². The molecular formula is C22H20ClNO4. The third kappa shape index (κ3) is 5.15. The zero-order chi connectivity index (χ0) is 20.5. The van der Waals surface area contributed by atoms with E-state index in [1.54, 1.807) is 49.4 Å². The van der Waals surface area contributed by atoms with Crippen LogP contribution in [-0.4, -0.2) is 26.8 Å². The van der Waals surface area contributed by atoms with E-state index in [2.05, 4.69) is 0 Å². The van der Waals surface area contributed by atoms with Crippen LogP contribution in [0.25, 0.3) is 11.6 Å². The van der Waals surface area contributed by atoms with E-state index < -0.39 is 5.97 Å². The van der Waals surface area contributed by atoms with Gasteiger partial charge in [-0.2, -0.15) is 5.26 Å². The average Bonchev–Trinajstić information content (AvgIpc) is 2.71. The minimum Gasteiger partial charge on any atom is -0.493 e. The lowest BCUT2D eigenvalue weighted by atomic mass is 9.98. The summed E-state index contributed by atoms with van der Waals surface area (Å²) in [6.45, 7) is 1.86. The number of nitriles is 1. The molecule has 6 heteroatoms. The van der Waals surface area contributed by atoms with Crippen molar-refractivity contribution in [1.29, 1.82) is 5.26 Å². The van der Waals surface area contributed by atoms with Gasteiger partial charge in [-0.1, -0.05) is 42.0 Å². The van der Waals surface area contributed by atoms with Gasteiger partial charge in [-0.05, 0) is 42.3 Å². The molecule has 0 amide bonds. The highest BCUT2D eigenvalue weighted by Crippen LogP contribution is 2.32. The highest BCUT2D eigenvalue weighted by Gasteiger charge is 2.18. The highest BCUT2D eigenvalue weighted by atomic mass is 35.5. The summed E-state index contributed by atoms with van der Waals surface area (Å²) >= 11 is 5.92. The molecule has 5 nitrogen and oxygen atoms in total. The Balaban J connectivity index is 2.60. The van der Waals surface area contributed by atoms with Gasteiger partial charge in [0.25, 0.3) is 0 Å². The number of benzene rings is 2. The van der Waals surface area contributed by atoms with Gasteiger partial charge in [-0.15, -0.1) is 0 Å². The predicted molar refractivity (Wildman–Crippen MR) is 109 cm³/mol. The number of esters is 1. The number of halogens is 1. The van der Waals surface area contributed by atoms with Crippen molar-refractivity contribution >= 4 is 29.2 Å². The molecular weight excluding hydrogens is 378 g/mol. The molecule has 2 aromatic carbocycles. The fourth-order valence-electron chi connectivity index (χ4n) is 2.50. The molecule has 0 bridgehead atoms. The molecule has 0 heterocycles. The predicted octanol–water partition coefficient (Wildman–Crippen LogP) is 4.91. The number of rotatable bonds is 7. The van der Waals surface area contributed by atoms with Gasteiger partial charge in [0, 0.05) is 10.6 Å². The maximum Gasteiger partial charge on any atom is 0.349 e. The van der Waals surface area contributed by atoms with Crippen molar-refractivity contribution < 1.29 is 19.0 Å². The Morgan fingerprint density at radius 2 is 1.79 bits per heavy atom. The van der Waals surface area contributed by atoms with Crippen LogP contribution in [0.3, 0.4) is 0 Å². The number of carbonyl (C=O) groups excluding carboxylic acids is 1. The second-order valence-corrected chi connectivity index (χ2v) is 6.01. The SMILES string of the molecule is CCOC(=O)/C(C#N)=C(/C=C/c1ccc(Cl)cc1)c1ccc(OC)c(OC)c1. The molecule has 2 aromatic rings. The normalized spacial score (nSPS) is 11.5. The molecule has 0 aliphatic carbocycles. The Hall–Kier alpha value is -3.23. The first-order chi connectivity index (χ1) is 13.5. The molecule has 0 atom stereocenters. The van der Waals surface area contributed by atoms with Gasteiger partial charge in [0.1, 0.15) is 11.6 Å². The molecule has 144 valence electrons. The van der Waals surface area contributed by atoms with Crippen LogP contribution in [0.5, 0.6) is 11.5 Å². The van der Waals surface area contributed by atoms with Crippen LogP contribution in [0, 0.1) is 11.3 Å². The summed E-state index contributed by atoms with van der Waals surface area (Å²) in [4.78, 5) is 12.3. The molecule has 0 aromatic heterocycles. The van der Waals surface area contributed by atoms with Crippen LogP contribution in [0.4, 0.5) is 0 Å². The van der Waals surface area contributed by atoms with Gasteiger partial charge in [0.2, 0.25) is 0 Å². The van der Waals surface area contributed by atoms with Gasteiger partial charge in [0.05, 0.1) is 20.8 Å². The van der Waals surface area contributed by atoms with Gasteiger partial charge < -0.3 is 14.2 Å². The molecule has 0 spiro atoms. The van der Waals surface area contributed by atoms with E-state index in [0.717, 1.165) is 5.56 Å². The van der Waals surface area contributed by atoms with E-state index in [1.807, 2.05) is 18.2 Å². The summed E-state index contributed by atoms with van der Waals surface area (Å²) in [7, 11) is 3.05. The van der Waals surface area contributed by atoms with Gasteiger partial charge >= 0.3 is 5.97 Å². The average molecular weight is 398 g/mol. The van der Waals surface area contributed by atoms with E-state index >= 15 is 0 Å². The van der Waals surface area contributed by atoms with Crippen LogP contribution >= 0.6 is 11.6 Å². The Morgan fingerprint density at radius 3 is 2.36 bits per heavy atom. The second kappa shape index (κ2) is 10.2. The summed E-state index contributed by atoms with van der Waals surface area (Å²) in [6, 6.07) is 14.3. The van der Waals surface area contributed by atoms with E-state index in [0.29, 0.717) is 27.7 Å². The first kappa shape index (κ1) is 21.1. The molecule has 0 aliphatic heterocycles. The van der Waals surface area contributed by atoms with Crippen LogP contribution in [0.1, 0.15) is 18.1 Å². The fourth-order valence-corrected chi connectivity index (χ4v) is 2.63. The van der Waals surface area contributed by atoms with Crippen LogP contribution in [-0.2, 0) is 9.53 Å². The lowest BCUT2D eigenvalue weighted by Crippen LogP contribution is -2.08. The Morgan fingerprint density at radius 1 is 1.11 bits per heavy atom. The topological polar surface area (TPSA) is 68.6 Å². The Kier molecular flexibility index (Phi) is 7.67. The van der Waals surface area contributed by atoms with Crippen molar-refractivity contribution in [1.82, 2.24) is 0 Å². The van der Waals surface area contributed by atoms with Crippen molar-refractivity contribution in [2.24, 2.45) is 0 Å². The van der Waals surface area contributed by atoms with E-state index in [4.69, 9.17) is 25.8 Å². The van der Waals surface area contributed by atoms with E-state index in [-0.39, 0.29) is 12.2 Å². The van der Waals surface area contributed by atoms with Crippen molar-refractivity contribution in [2.75, 3.05) is 20.8 Å². The Bertz CT molecular complexity index is 940. The smallest absolute Gasteiger partial charge is 0.349 e. The zero-order valence-corrected chi connectivity index (χ0v) is 16.6. The molecule has 2 rings (SSSR count). The summed E-state index contributed by atoms with van der Waals surface area (Å²) in [5, 5.41) is 10.2. The van der Waals surface area contributed by atoms with Crippen molar-refractivity contribution in [3.8, 4) is 17.6 Å². The van der Waals surface area contributed by atoms with Gasteiger partial charge in [-0.25, -0.2) is 4.79 Å². The van der Waals surface area contributed by atoms with Gasteiger partial charge in [0.15, 0.2) is 11.5 Å². The monoisotopic (exact) mass is 397 g/mol. The molecule has 0 aliphatic rings. The van der Waals surface area contributed by atoms with Crippen molar-refractivity contribution in [2.45, 2.75) is 6.92 Å². The number of ether oxygens (including phenoxy) is 3. The summed E-state index contributed by atoms with van der Waals surface area (Å²) in [6.07, 6.45) is 3.49. The molecule has 0 radical (unpaired) electrons. The molecule has 0 unspecified atom stereocenters. The lowest BCUT2D eigenvalue weighted by molar-refractivity contribution is -0.137. The molecule has 0 N–H and O–H groups in total. The second-order valence-electron chi connectivity index (χ2n) is 5.58. The van der Waals surface area contributed by atoms with Crippen molar-refractivity contribution in [3.05, 3.63) is 70.3 Å². The first-order valence-corrected chi connectivity index (χ1v) is 8.89. The van der Waals surface area contributed by atoms with Crippen LogP contribution in [0.15, 0.2) is 54.1 Å². The molecule has 0 fully saturated rings. The highest BCUT2D eigenvalue weighted by molar-refractivity contribution is 6.30. The number of allylic oxidation sites excluding steroid dienone is 2. The summed E-state index contributed by atoms with van der Waals surface area (Å²) in [5.41, 5.74) is 1.80. The number of nitrogens with zero attached hydrogens (tertiary/aromatic N) is 1. The number of hydrogen-bond donors (Lipinski definition) is 0. The number of hydrogen-bond acceptors (Lipinski definition) is 5. The summed E-state index contributed by atoms with van der Waals surface area (Å²) in [5.74, 6) is 0.344. The van der Waals surface area contributed by atoms with Crippen LogP contribution < -0.4 is 9.47 Å². The molecule has 0 saturated heterocycles. The zero-order valence-electron chi connectivity index (χ0n) is 15.9. The first-order valence-electron chi connectivity index (χ1n) is 8.51. The maximum atomic E-state index is 12.3. The van der Waals surface area contributed by atoms with Gasteiger partial charge in [-0.3, -0.25) is 0 Å². The number of methoxy groups -OCH3 is 2. The molecule has 0 saturated carbocycles. The number of carbonyl (C=O) groups is 1. The van der Waals surface area contributed by atoms with Crippen LogP contribution in [0.2, 0.25) is 5.02 Å². The van der Waals surface area contributed by atoms with E-state index in [1.165, 1.54) is 14.2 Å². The fraction of sp³-hybridized carbons (Fsp3) is 0.182. The quantitative estimate of drug-likeness (QED) is 0.287. The maximum absolute atomic E-state index is 12.3. The Labute approximate surface area is 169 Å². The van der Waals surface area contributed by atoms with E-state index in [9.17, 15) is 10.1 Å². The minimum atomic E-state index is -0.685. The summed E-state index contributed by atoms with van der Waals surface area (Å²) < 4.78 is 15.6. The third-order valence-electron chi connectivity index (χ3n) is 3.87. The third-order valence-corrected chi connectivity index (χ3v) is 4.12. The molecule has 28 heavy (non-hydrogen) atoms. The largest absolute Gasteiger partial charge is 0.493 e.